The van der Waals surface area contributed by atoms with Crippen molar-refractivity contribution >= 4 is 6.03 Å². The highest BCUT2D eigenvalue weighted by Gasteiger charge is 2.09. The molecule has 0 aliphatic heterocycles. The minimum Gasteiger partial charge on any atom is -0.393 e. The Bertz CT molecular complexity index is 404. The van der Waals surface area contributed by atoms with Crippen LogP contribution in [0.4, 0.5) is 4.79 Å². The lowest BCUT2D eigenvalue weighted by Gasteiger charge is -2.07. The second kappa shape index (κ2) is 8.52. The molecule has 1 heterocycles. The Morgan fingerprint density at radius 3 is 2.60 bits per heavy atom. The van der Waals surface area contributed by atoms with Gasteiger partial charge in [-0.15, -0.1) is 0 Å². The highest BCUT2D eigenvalue weighted by Crippen LogP contribution is 2.10. The number of urea groups is 1. The van der Waals surface area contributed by atoms with Crippen molar-refractivity contribution in [3.63, 3.8) is 0 Å². The van der Waals surface area contributed by atoms with E-state index in [4.69, 9.17) is 9.63 Å². The van der Waals surface area contributed by atoms with E-state index in [2.05, 4.69) is 20.8 Å². The van der Waals surface area contributed by atoms with Gasteiger partial charge in [-0.3, -0.25) is 0 Å². The van der Waals surface area contributed by atoms with E-state index in [0.717, 1.165) is 6.42 Å². The van der Waals surface area contributed by atoms with E-state index in [9.17, 15) is 4.79 Å². The molecule has 0 aliphatic carbocycles. The van der Waals surface area contributed by atoms with E-state index in [0.29, 0.717) is 37.6 Å². The van der Waals surface area contributed by atoms with E-state index in [1.54, 1.807) is 6.92 Å². The van der Waals surface area contributed by atoms with Crippen LogP contribution in [0, 0.1) is 0 Å². The SMILES string of the molecule is CC(O)CCNC(=O)NCCCc1nc(C(C)C)no1. The van der Waals surface area contributed by atoms with Crippen LogP contribution >= 0.6 is 0 Å². The summed E-state index contributed by atoms with van der Waals surface area (Å²) in [5, 5.41) is 18.3. The van der Waals surface area contributed by atoms with Crippen molar-refractivity contribution in [3.8, 4) is 0 Å². The van der Waals surface area contributed by atoms with Crippen LogP contribution < -0.4 is 10.6 Å². The molecule has 20 heavy (non-hydrogen) atoms. The number of aromatic nitrogens is 2. The summed E-state index contributed by atoms with van der Waals surface area (Å²) in [6.07, 6.45) is 1.54. The fourth-order valence-electron chi connectivity index (χ4n) is 1.50. The summed E-state index contributed by atoms with van der Waals surface area (Å²) in [5.41, 5.74) is 0. The van der Waals surface area contributed by atoms with Crippen molar-refractivity contribution in [2.24, 2.45) is 0 Å². The second-order valence-corrected chi connectivity index (χ2v) is 5.12. The molecule has 7 nitrogen and oxygen atoms in total. The second-order valence-electron chi connectivity index (χ2n) is 5.12. The number of carbonyl (C=O) groups is 1. The van der Waals surface area contributed by atoms with Crippen molar-refractivity contribution in [3.05, 3.63) is 11.7 Å². The summed E-state index contributed by atoms with van der Waals surface area (Å²) in [5.74, 6) is 1.57. The van der Waals surface area contributed by atoms with Crippen LogP contribution in [0.15, 0.2) is 4.52 Å². The monoisotopic (exact) mass is 284 g/mol. The van der Waals surface area contributed by atoms with E-state index < -0.39 is 6.10 Å². The van der Waals surface area contributed by atoms with Crippen LogP contribution in [0.25, 0.3) is 0 Å². The minimum absolute atomic E-state index is 0.223. The molecular weight excluding hydrogens is 260 g/mol. The molecule has 0 fully saturated rings. The molecule has 1 unspecified atom stereocenters. The van der Waals surface area contributed by atoms with Gasteiger partial charge in [0.05, 0.1) is 6.10 Å². The number of carbonyl (C=O) groups excluding carboxylic acids is 1. The third kappa shape index (κ3) is 6.51. The van der Waals surface area contributed by atoms with Crippen molar-refractivity contribution in [1.82, 2.24) is 20.8 Å². The van der Waals surface area contributed by atoms with Gasteiger partial charge in [0.2, 0.25) is 5.89 Å². The number of nitrogens with zero attached hydrogens (tertiary/aromatic N) is 2. The molecule has 0 aliphatic rings. The van der Waals surface area contributed by atoms with Crippen LogP contribution in [-0.4, -0.2) is 40.5 Å². The van der Waals surface area contributed by atoms with Gasteiger partial charge in [-0.2, -0.15) is 4.98 Å². The van der Waals surface area contributed by atoms with Crippen molar-refractivity contribution in [1.29, 1.82) is 0 Å². The lowest BCUT2D eigenvalue weighted by Crippen LogP contribution is -2.37. The van der Waals surface area contributed by atoms with E-state index in [-0.39, 0.29) is 11.9 Å². The zero-order valence-electron chi connectivity index (χ0n) is 12.3. The molecule has 7 heteroatoms. The Kier molecular flexibility index (Phi) is 7.00. The molecule has 0 radical (unpaired) electrons. The number of hydrogen-bond acceptors (Lipinski definition) is 5. The highest BCUT2D eigenvalue weighted by atomic mass is 16.5. The third-order valence-electron chi connectivity index (χ3n) is 2.70. The molecular formula is C13H24N4O3. The predicted octanol–water partition coefficient (Wildman–Crippen LogP) is 1.20. The standard InChI is InChI=1S/C13H24N4O3/c1-9(2)12-16-11(20-17-12)5-4-7-14-13(19)15-8-6-10(3)18/h9-10,18H,4-8H2,1-3H3,(H2,14,15,19). The smallest absolute Gasteiger partial charge is 0.314 e. The average Bonchev–Trinajstić information content (AvgIpc) is 2.83. The van der Waals surface area contributed by atoms with Crippen LogP contribution in [0.1, 0.15) is 51.2 Å². The first-order valence-electron chi connectivity index (χ1n) is 7.01. The summed E-state index contributed by atoms with van der Waals surface area (Å²) in [7, 11) is 0. The first-order chi connectivity index (χ1) is 9.49. The lowest BCUT2D eigenvalue weighted by atomic mass is 10.2. The molecule has 0 bridgehead atoms. The summed E-state index contributed by atoms with van der Waals surface area (Å²) in [6, 6.07) is -0.223. The summed E-state index contributed by atoms with van der Waals surface area (Å²) in [4.78, 5) is 15.6. The summed E-state index contributed by atoms with van der Waals surface area (Å²) in [6.45, 7) is 6.71. The Morgan fingerprint density at radius 1 is 1.30 bits per heavy atom. The van der Waals surface area contributed by atoms with Crippen LogP contribution in [0.5, 0.6) is 0 Å². The quantitative estimate of drug-likeness (QED) is 0.623. The Morgan fingerprint density at radius 2 is 2.00 bits per heavy atom. The number of nitrogens with one attached hydrogen (secondary N) is 2. The summed E-state index contributed by atoms with van der Waals surface area (Å²) < 4.78 is 5.11. The maximum atomic E-state index is 11.4. The van der Waals surface area contributed by atoms with Crippen LogP contribution in [0.2, 0.25) is 0 Å². The van der Waals surface area contributed by atoms with Gasteiger partial charge < -0.3 is 20.3 Å². The molecule has 0 saturated heterocycles. The molecule has 3 N–H and O–H groups in total. The van der Waals surface area contributed by atoms with Crippen molar-refractivity contribution in [2.45, 2.75) is 52.1 Å². The zero-order chi connectivity index (χ0) is 15.0. The topological polar surface area (TPSA) is 100 Å². The van der Waals surface area contributed by atoms with Crippen LogP contribution in [-0.2, 0) is 6.42 Å². The number of aliphatic hydroxyl groups excluding tert-OH is 1. The Hall–Kier alpha value is -1.63. The first kappa shape index (κ1) is 16.4. The average molecular weight is 284 g/mol. The first-order valence-corrected chi connectivity index (χ1v) is 7.01. The molecule has 0 spiro atoms. The number of aliphatic hydroxyl groups is 1. The fourth-order valence-corrected chi connectivity index (χ4v) is 1.50. The third-order valence-corrected chi connectivity index (χ3v) is 2.70. The molecule has 114 valence electrons. The zero-order valence-corrected chi connectivity index (χ0v) is 12.3. The van der Waals surface area contributed by atoms with Gasteiger partial charge in [0.25, 0.3) is 0 Å². The molecule has 1 atom stereocenters. The van der Waals surface area contributed by atoms with Gasteiger partial charge in [0.15, 0.2) is 5.82 Å². The van der Waals surface area contributed by atoms with E-state index >= 15 is 0 Å². The minimum atomic E-state index is -0.400. The van der Waals surface area contributed by atoms with Gasteiger partial charge in [-0.05, 0) is 19.8 Å². The Balaban J connectivity index is 2.10. The van der Waals surface area contributed by atoms with Gasteiger partial charge in [-0.1, -0.05) is 19.0 Å². The van der Waals surface area contributed by atoms with Crippen molar-refractivity contribution in [2.75, 3.05) is 13.1 Å². The molecule has 0 aromatic carbocycles. The largest absolute Gasteiger partial charge is 0.393 e. The number of amides is 2. The van der Waals surface area contributed by atoms with Gasteiger partial charge in [-0.25, -0.2) is 4.79 Å². The molecule has 1 aromatic rings. The molecule has 1 aromatic heterocycles. The number of aryl methyl sites for hydroxylation is 1. The highest BCUT2D eigenvalue weighted by molar-refractivity contribution is 5.73. The normalized spacial score (nSPS) is 12.4. The van der Waals surface area contributed by atoms with Gasteiger partial charge in [0.1, 0.15) is 0 Å². The number of hydrogen-bond donors (Lipinski definition) is 3. The fraction of sp³-hybridized carbons (Fsp3) is 0.769. The lowest BCUT2D eigenvalue weighted by molar-refractivity contribution is 0.183. The molecule has 1 rings (SSSR count). The van der Waals surface area contributed by atoms with E-state index in [1.807, 2.05) is 13.8 Å². The molecule has 0 saturated carbocycles. The van der Waals surface area contributed by atoms with Gasteiger partial charge >= 0.3 is 6.03 Å². The van der Waals surface area contributed by atoms with Gasteiger partial charge in [0, 0.05) is 25.4 Å². The van der Waals surface area contributed by atoms with E-state index in [1.165, 1.54) is 0 Å². The Labute approximate surface area is 119 Å². The maximum Gasteiger partial charge on any atom is 0.314 e. The molecule has 2 amide bonds. The van der Waals surface area contributed by atoms with Crippen LogP contribution in [0.3, 0.4) is 0 Å². The maximum absolute atomic E-state index is 11.4. The van der Waals surface area contributed by atoms with Crippen molar-refractivity contribution < 1.29 is 14.4 Å². The summed E-state index contributed by atoms with van der Waals surface area (Å²) >= 11 is 0. The number of rotatable bonds is 8. The predicted molar refractivity (Wildman–Crippen MR) is 74.4 cm³/mol.